The summed E-state index contributed by atoms with van der Waals surface area (Å²) in [5, 5.41) is 11.6. The number of thioether (sulfide) groups is 1. The van der Waals surface area contributed by atoms with Crippen molar-refractivity contribution in [3.05, 3.63) is 77.3 Å². The lowest BCUT2D eigenvalue weighted by Gasteiger charge is -2.11. The molecule has 1 N–H and O–H groups in total. The maximum absolute atomic E-state index is 12.7. The van der Waals surface area contributed by atoms with Crippen molar-refractivity contribution in [2.24, 2.45) is 0 Å². The molecule has 0 atom stereocenters. The zero-order valence-electron chi connectivity index (χ0n) is 14.2. The Morgan fingerprint density at radius 1 is 1.26 bits per heavy atom. The van der Waals surface area contributed by atoms with E-state index >= 15 is 0 Å². The van der Waals surface area contributed by atoms with Crippen LogP contribution in [0.2, 0.25) is 5.02 Å². The third-order valence-electron chi connectivity index (χ3n) is 3.37. The van der Waals surface area contributed by atoms with Crippen LogP contribution < -0.4 is 10.1 Å². The maximum Gasteiger partial charge on any atom is 0.261 e. The highest BCUT2D eigenvalue weighted by molar-refractivity contribution is 8.01. The first-order chi connectivity index (χ1) is 13.2. The molecule has 2 aromatic carbocycles. The predicted molar refractivity (Wildman–Crippen MR) is 111 cm³/mol. The first-order valence-corrected chi connectivity index (χ1v) is 10.2. The molecular formula is C19H16ClN3O2S2. The van der Waals surface area contributed by atoms with Gasteiger partial charge in [0.05, 0.1) is 5.56 Å². The van der Waals surface area contributed by atoms with Crippen molar-refractivity contribution in [1.29, 1.82) is 0 Å². The molecule has 1 heterocycles. The first kappa shape index (κ1) is 19.4. The summed E-state index contributed by atoms with van der Waals surface area (Å²) in [6.45, 7) is 4.02. The van der Waals surface area contributed by atoms with Gasteiger partial charge in [-0.3, -0.25) is 10.1 Å². The summed E-state index contributed by atoms with van der Waals surface area (Å²) >= 11 is 8.88. The van der Waals surface area contributed by atoms with Gasteiger partial charge >= 0.3 is 0 Å². The van der Waals surface area contributed by atoms with Crippen LogP contribution in [-0.4, -0.2) is 21.9 Å². The van der Waals surface area contributed by atoms with Crippen molar-refractivity contribution in [1.82, 2.24) is 10.2 Å². The quantitative estimate of drug-likeness (QED) is 0.306. The van der Waals surface area contributed by atoms with Crippen LogP contribution in [-0.2, 0) is 6.61 Å². The van der Waals surface area contributed by atoms with E-state index in [2.05, 4.69) is 22.1 Å². The van der Waals surface area contributed by atoms with E-state index in [0.717, 1.165) is 15.7 Å². The normalized spacial score (nSPS) is 10.4. The molecule has 138 valence electrons. The molecule has 0 aliphatic rings. The molecule has 0 fully saturated rings. The summed E-state index contributed by atoms with van der Waals surface area (Å²) in [5.41, 5.74) is 1.35. The third-order valence-corrected chi connectivity index (χ3v) is 5.58. The second-order valence-corrected chi connectivity index (χ2v) is 8.02. The molecule has 0 spiro atoms. The number of nitrogens with zero attached hydrogens (tertiary/aromatic N) is 2. The Labute approximate surface area is 170 Å². The average molecular weight is 418 g/mol. The van der Waals surface area contributed by atoms with Crippen molar-refractivity contribution in [3.63, 3.8) is 0 Å². The Morgan fingerprint density at radius 3 is 2.85 bits per heavy atom. The van der Waals surface area contributed by atoms with Gasteiger partial charge in [-0.1, -0.05) is 71.1 Å². The molecule has 1 amide bonds. The number of carbonyl (C=O) groups excluding carboxylic acids is 1. The van der Waals surface area contributed by atoms with Gasteiger partial charge in [0, 0.05) is 10.8 Å². The maximum atomic E-state index is 12.7. The van der Waals surface area contributed by atoms with Crippen molar-refractivity contribution in [3.8, 4) is 5.75 Å². The van der Waals surface area contributed by atoms with Gasteiger partial charge in [-0.2, -0.15) is 0 Å². The van der Waals surface area contributed by atoms with Gasteiger partial charge in [0.15, 0.2) is 4.34 Å². The standard InChI is InChI=1S/C19H16ClN3O2S2/c1-2-10-26-19-23-22-18(27-19)21-17(24)15-11-14(20)8-9-16(15)25-12-13-6-4-3-5-7-13/h2-9,11H,1,10,12H2,(H,21,22,24). The lowest BCUT2D eigenvalue weighted by atomic mass is 10.2. The van der Waals surface area contributed by atoms with Gasteiger partial charge in [-0.25, -0.2) is 0 Å². The molecule has 0 saturated carbocycles. The highest BCUT2D eigenvalue weighted by Crippen LogP contribution is 2.28. The Bertz CT molecular complexity index is 932. The number of aromatic nitrogens is 2. The molecule has 1 aromatic heterocycles. The molecule has 0 unspecified atom stereocenters. The van der Waals surface area contributed by atoms with E-state index in [9.17, 15) is 4.79 Å². The summed E-state index contributed by atoms with van der Waals surface area (Å²) in [7, 11) is 0. The molecule has 0 bridgehead atoms. The van der Waals surface area contributed by atoms with Gasteiger partial charge in [-0.15, -0.1) is 16.8 Å². The Balaban J connectivity index is 1.72. The number of hydrogen-bond donors (Lipinski definition) is 1. The SMILES string of the molecule is C=CCSc1nnc(NC(=O)c2cc(Cl)ccc2OCc2ccccc2)s1. The molecule has 3 aromatic rings. The fourth-order valence-electron chi connectivity index (χ4n) is 2.15. The van der Waals surface area contributed by atoms with Crippen LogP contribution in [0.3, 0.4) is 0 Å². The van der Waals surface area contributed by atoms with Crippen molar-refractivity contribution in [2.45, 2.75) is 10.9 Å². The Morgan fingerprint density at radius 2 is 2.07 bits per heavy atom. The van der Waals surface area contributed by atoms with Gasteiger partial charge in [0.1, 0.15) is 12.4 Å². The zero-order valence-corrected chi connectivity index (χ0v) is 16.6. The minimum absolute atomic E-state index is 0.342. The second kappa shape index (κ2) is 9.55. The van der Waals surface area contributed by atoms with E-state index < -0.39 is 0 Å². The number of anilines is 1. The Hall–Kier alpha value is -2.35. The minimum Gasteiger partial charge on any atom is -0.488 e. The number of benzene rings is 2. The molecule has 0 aliphatic heterocycles. The summed E-state index contributed by atoms with van der Waals surface area (Å²) in [4.78, 5) is 12.7. The van der Waals surface area contributed by atoms with Crippen LogP contribution in [0.15, 0.2) is 65.5 Å². The lowest BCUT2D eigenvalue weighted by molar-refractivity contribution is 0.102. The second-order valence-electron chi connectivity index (χ2n) is 5.34. The van der Waals surface area contributed by atoms with Crippen molar-refractivity contribution < 1.29 is 9.53 Å². The highest BCUT2D eigenvalue weighted by atomic mass is 35.5. The number of nitrogens with one attached hydrogen (secondary N) is 1. The number of amides is 1. The van der Waals surface area contributed by atoms with E-state index in [1.54, 1.807) is 24.3 Å². The monoisotopic (exact) mass is 417 g/mol. The Kier molecular flexibility index (Phi) is 6.86. The molecule has 0 saturated heterocycles. The number of hydrogen-bond acceptors (Lipinski definition) is 6. The predicted octanol–water partition coefficient (Wildman–Crippen LogP) is 5.30. The smallest absolute Gasteiger partial charge is 0.261 e. The summed E-state index contributed by atoms with van der Waals surface area (Å²) in [5.74, 6) is 0.831. The van der Waals surface area contributed by atoms with Crippen LogP contribution in [0.1, 0.15) is 15.9 Å². The summed E-state index contributed by atoms with van der Waals surface area (Å²) in [6.07, 6.45) is 1.78. The van der Waals surface area contributed by atoms with Crippen molar-refractivity contribution in [2.75, 3.05) is 11.1 Å². The largest absolute Gasteiger partial charge is 0.488 e. The average Bonchev–Trinajstić information content (AvgIpc) is 3.13. The number of rotatable bonds is 8. The van der Waals surface area contributed by atoms with Gasteiger partial charge in [0.25, 0.3) is 5.91 Å². The molecule has 8 heteroatoms. The van der Waals surface area contributed by atoms with Gasteiger partial charge in [0.2, 0.25) is 5.13 Å². The van der Waals surface area contributed by atoms with Gasteiger partial charge in [-0.05, 0) is 23.8 Å². The number of halogens is 1. The molecular weight excluding hydrogens is 402 g/mol. The van der Waals surface area contributed by atoms with E-state index in [0.29, 0.717) is 28.1 Å². The topological polar surface area (TPSA) is 64.1 Å². The van der Waals surface area contributed by atoms with Crippen LogP contribution in [0.4, 0.5) is 5.13 Å². The highest BCUT2D eigenvalue weighted by Gasteiger charge is 2.16. The van der Waals surface area contributed by atoms with E-state index in [1.165, 1.54) is 23.1 Å². The molecule has 3 rings (SSSR count). The van der Waals surface area contributed by atoms with Crippen LogP contribution in [0, 0.1) is 0 Å². The molecule has 5 nitrogen and oxygen atoms in total. The van der Waals surface area contributed by atoms with Crippen LogP contribution in [0.25, 0.3) is 0 Å². The van der Waals surface area contributed by atoms with Crippen LogP contribution in [0.5, 0.6) is 5.75 Å². The fourth-order valence-corrected chi connectivity index (χ4v) is 3.83. The first-order valence-electron chi connectivity index (χ1n) is 8.00. The fraction of sp³-hybridized carbons (Fsp3) is 0.105. The van der Waals surface area contributed by atoms with E-state index in [1.807, 2.05) is 30.3 Å². The zero-order chi connectivity index (χ0) is 19.1. The van der Waals surface area contributed by atoms with Gasteiger partial charge < -0.3 is 4.74 Å². The molecule has 27 heavy (non-hydrogen) atoms. The number of ether oxygens (including phenoxy) is 1. The van der Waals surface area contributed by atoms with E-state index in [-0.39, 0.29) is 5.91 Å². The van der Waals surface area contributed by atoms with Crippen LogP contribution >= 0.6 is 34.7 Å². The molecule has 0 aliphatic carbocycles. The summed E-state index contributed by atoms with van der Waals surface area (Å²) in [6, 6.07) is 14.7. The molecule has 0 radical (unpaired) electrons. The lowest BCUT2D eigenvalue weighted by Crippen LogP contribution is -2.13. The minimum atomic E-state index is -0.350. The number of carbonyl (C=O) groups is 1. The summed E-state index contributed by atoms with van der Waals surface area (Å²) < 4.78 is 6.59. The van der Waals surface area contributed by atoms with E-state index in [4.69, 9.17) is 16.3 Å². The third kappa shape index (κ3) is 5.56. The van der Waals surface area contributed by atoms with Crippen molar-refractivity contribution >= 4 is 45.7 Å².